The first-order valence-electron chi connectivity index (χ1n) is 9.11. The second-order valence-electron chi connectivity index (χ2n) is 7.69. The van der Waals surface area contributed by atoms with Crippen molar-refractivity contribution in [1.29, 1.82) is 0 Å². The predicted molar refractivity (Wildman–Crippen MR) is 101 cm³/mol. The Morgan fingerprint density at radius 2 is 1.85 bits per heavy atom. The molecule has 0 aliphatic carbocycles. The second-order valence-corrected chi connectivity index (χ2v) is 8.10. The van der Waals surface area contributed by atoms with E-state index in [-0.39, 0.29) is 11.9 Å². The summed E-state index contributed by atoms with van der Waals surface area (Å²) in [6.07, 6.45) is 0.915. The number of carbonyl (C=O) groups excluding carboxylic acids is 2. The van der Waals surface area contributed by atoms with Gasteiger partial charge in [0, 0.05) is 24.7 Å². The summed E-state index contributed by atoms with van der Waals surface area (Å²) in [7, 11) is 0. The molecule has 2 amide bonds. The number of hydrogen-bond acceptors (Lipinski definition) is 5. The lowest BCUT2D eigenvalue weighted by Gasteiger charge is -2.33. The number of nitrogens with zero attached hydrogens (tertiary/aromatic N) is 1. The van der Waals surface area contributed by atoms with Gasteiger partial charge in [-0.1, -0.05) is 11.6 Å². The third-order valence-corrected chi connectivity index (χ3v) is 4.63. The average molecular weight is 397 g/mol. The van der Waals surface area contributed by atoms with E-state index in [1.807, 2.05) is 20.8 Å². The number of amides is 2. The van der Waals surface area contributed by atoms with Crippen LogP contribution in [-0.4, -0.2) is 54.8 Å². The zero-order valence-electron chi connectivity index (χ0n) is 15.8. The molecule has 27 heavy (non-hydrogen) atoms. The number of piperidine rings is 1. The van der Waals surface area contributed by atoms with Gasteiger partial charge in [0.05, 0.1) is 5.02 Å². The molecule has 3 rings (SSSR count). The molecule has 1 fully saturated rings. The molecule has 1 aromatic carbocycles. The predicted octanol–water partition coefficient (Wildman–Crippen LogP) is 3.24. The fraction of sp³-hybridized carbons (Fsp3) is 0.579. The molecule has 0 spiro atoms. The van der Waals surface area contributed by atoms with Crippen LogP contribution in [0.3, 0.4) is 0 Å². The normalized spacial score (nSPS) is 17.4. The molecule has 2 aliphatic rings. The van der Waals surface area contributed by atoms with Gasteiger partial charge in [-0.15, -0.1) is 0 Å². The molecule has 1 aromatic rings. The summed E-state index contributed by atoms with van der Waals surface area (Å²) in [5.41, 5.74) is -0.0547. The van der Waals surface area contributed by atoms with Gasteiger partial charge in [0.25, 0.3) is 5.91 Å². The molecule has 1 N–H and O–H groups in total. The van der Waals surface area contributed by atoms with E-state index in [2.05, 4.69) is 5.32 Å². The number of hydrogen-bond donors (Lipinski definition) is 1. The van der Waals surface area contributed by atoms with Crippen molar-refractivity contribution in [3.8, 4) is 11.5 Å². The Labute approximate surface area is 163 Å². The molecule has 0 unspecified atom stereocenters. The van der Waals surface area contributed by atoms with Gasteiger partial charge in [-0.3, -0.25) is 4.79 Å². The topological polar surface area (TPSA) is 77.1 Å². The highest BCUT2D eigenvalue weighted by Gasteiger charge is 2.28. The van der Waals surface area contributed by atoms with Crippen LogP contribution in [0.5, 0.6) is 11.5 Å². The molecule has 8 heteroatoms. The van der Waals surface area contributed by atoms with Gasteiger partial charge in [-0.2, -0.15) is 0 Å². The number of likely N-dealkylation sites (tertiary alicyclic amines) is 1. The van der Waals surface area contributed by atoms with Crippen LogP contribution in [0.25, 0.3) is 0 Å². The number of carbonyl (C=O) groups is 2. The summed E-state index contributed by atoms with van der Waals surface area (Å²) >= 11 is 6.23. The van der Waals surface area contributed by atoms with E-state index >= 15 is 0 Å². The van der Waals surface area contributed by atoms with E-state index in [0.29, 0.717) is 61.2 Å². The molecule has 2 aliphatic heterocycles. The molecular weight excluding hydrogens is 372 g/mol. The molecule has 0 saturated carbocycles. The quantitative estimate of drug-likeness (QED) is 0.830. The number of rotatable bonds is 2. The van der Waals surface area contributed by atoms with Gasteiger partial charge < -0.3 is 24.4 Å². The van der Waals surface area contributed by atoms with Gasteiger partial charge in [-0.25, -0.2) is 4.79 Å². The maximum absolute atomic E-state index is 12.8. The van der Waals surface area contributed by atoms with E-state index in [1.165, 1.54) is 0 Å². The van der Waals surface area contributed by atoms with Crippen molar-refractivity contribution >= 4 is 23.6 Å². The van der Waals surface area contributed by atoms with Gasteiger partial charge in [0.15, 0.2) is 11.5 Å². The average Bonchev–Trinajstić information content (AvgIpc) is 2.60. The standard InChI is InChI=1S/C19H25ClN2O5/c1-19(2,3)27-18(24)21-13-4-6-22(7-5-13)17(23)12-10-14(20)16-15(11-12)25-8-9-26-16/h10-11,13H,4-9H2,1-3H3,(H,21,24). The smallest absolute Gasteiger partial charge is 0.407 e. The summed E-state index contributed by atoms with van der Waals surface area (Å²) in [4.78, 5) is 26.5. The summed E-state index contributed by atoms with van der Waals surface area (Å²) in [5, 5.41) is 3.24. The Balaban J connectivity index is 1.57. The van der Waals surface area contributed by atoms with Gasteiger partial charge in [-0.05, 0) is 45.7 Å². The monoisotopic (exact) mass is 396 g/mol. The summed E-state index contributed by atoms with van der Waals surface area (Å²) < 4.78 is 16.3. The van der Waals surface area contributed by atoms with E-state index in [9.17, 15) is 9.59 Å². The Kier molecular flexibility index (Phi) is 5.69. The van der Waals surface area contributed by atoms with Crippen LogP contribution in [0, 0.1) is 0 Å². The van der Waals surface area contributed by atoms with E-state index in [4.69, 9.17) is 25.8 Å². The minimum absolute atomic E-state index is 0.00671. The van der Waals surface area contributed by atoms with E-state index in [1.54, 1.807) is 17.0 Å². The van der Waals surface area contributed by atoms with Crippen molar-refractivity contribution in [3.63, 3.8) is 0 Å². The molecule has 0 bridgehead atoms. The maximum Gasteiger partial charge on any atom is 0.407 e. The van der Waals surface area contributed by atoms with Crippen LogP contribution < -0.4 is 14.8 Å². The lowest BCUT2D eigenvalue weighted by atomic mass is 10.0. The van der Waals surface area contributed by atoms with Crippen LogP contribution in [0.15, 0.2) is 12.1 Å². The highest BCUT2D eigenvalue weighted by atomic mass is 35.5. The Hall–Kier alpha value is -2.15. The minimum Gasteiger partial charge on any atom is -0.486 e. The fourth-order valence-corrected chi connectivity index (χ4v) is 3.38. The molecule has 0 radical (unpaired) electrons. The maximum atomic E-state index is 12.8. The molecule has 0 aromatic heterocycles. The molecule has 0 atom stereocenters. The Morgan fingerprint density at radius 3 is 2.52 bits per heavy atom. The van der Waals surface area contributed by atoms with Crippen LogP contribution in [0.1, 0.15) is 44.0 Å². The number of halogens is 1. The van der Waals surface area contributed by atoms with Gasteiger partial charge in [0.2, 0.25) is 0 Å². The van der Waals surface area contributed by atoms with Crippen molar-refractivity contribution in [3.05, 3.63) is 22.7 Å². The largest absolute Gasteiger partial charge is 0.486 e. The van der Waals surface area contributed by atoms with Gasteiger partial charge in [0.1, 0.15) is 18.8 Å². The zero-order valence-corrected chi connectivity index (χ0v) is 16.6. The lowest BCUT2D eigenvalue weighted by molar-refractivity contribution is 0.0473. The first-order valence-corrected chi connectivity index (χ1v) is 9.48. The first-order chi connectivity index (χ1) is 12.7. The lowest BCUT2D eigenvalue weighted by Crippen LogP contribution is -2.47. The van der Waals surface area contributed by atoms with Crippen LogP contribution in [0.2, 0.25) is 5.02 Å². The molecule has 2 heterocycles. The summed E-state index contributed by atoms with van der Waals surface area (Å²) in [5.74, 6) is 0.878. The third kappa shape index (κ3) is 4.97. The van der Waals surface area contributed by atoms with Gasteiger partial charge >= 0.3 is 6.09 Å². The number of alkyl carbamates (subject to hydrolysis) is 1. The Bertz CT molecular complexity index is 724. The molecular formula is C19H25ClN2O5. The van der Waals surface area contributed by atoms with Crippen molar-refractivity contribution in [2.45, 2.75) is 45.3 Å². The third-order valence-electron chi connectivity index (χ3n) is 4.35. The molecule has 1 saturated heterocycles. The van der Waals surface area contributed by atoms with Crippen LogP contribution in [-0.2, 0) is 4.74 Å². The number of ether oxygens (including phenoxy) is 3. The number of benzene rings is 1. The van der Waals surface area contributed by atoms with Crippen molar-refractivity contribution in [1.82, 2.24) is 10.2 Å². The minimum atomic E-state index is -0.530. The number of fused-ring (bicyclic) bond motifs is 1. The van der Waals surface area contributed by atoms with E-state index < -0.39 is 11.7 Å². The SMILES string of the molecule is CC(C)(C)OC(=O)NC1CCN(C(=O)c2cc(Cl)c3c(c2)OCCO3)CC1. The summed E-state index contributed by atoms with van der Waals surface area (Å²) in [6.45, 7) is 7.45. The van der Waals surface area contributed by atoms with Crippen LogP contribution in [0.4, 0.5) is 4.79 Å². The number of nitrogens with one attached hydrogen (secondary N) is 1. The zero-order chi connectivity index (χ0) is 19.6. The summed E-state index contributed by atoms with van der Waals surface area (Å²) in [6, 6.07) is 3.28. The first kappa shape index (κ1) is 19.6. The Morgan fingerprint density at radius 1 is 1.19 bits per heavy atom. The van der Waals surface area contributed by atoms with Crippen molar-refractivity contribution in [2.24, 2.45) is 0 Å². The molecule has 148 valence electrons. The second kappa shape index (κ2) is 7.84. The highest BCUT2D eigenvalue weighted by molar-refractivity contribution is 6.32. The fourth-order valence-electron chi connectivity index (χ4n) is 3.12. The highest BCUT2D eigenvalue weighted by Crippen LogP contribution is 2.38. The van der Waals surface area contributed by atoms with Crippen molar-refractivity contribution < 1.29 is 23.8 Å². The van der Waals surface area contributed by atoms with Crippen molar-refractivity contribution in [2.75, 3.05) is 26.3 Å². The van der Waals surface area contributed by atoms with Crippen LogP contribution >= 0.6 is 11.6 Å². The van der Waals surface area contributed by atoms with E-state index in [0.717, 1.165) is 0 Å². The molecule has 7 nitrogen and oxygen atoms in total.